The number of carboxylic acid groups (broad SMARTS) is 1. The molecule has 0 aliphatic rings. The molecule has 0 bridgehead atoms. The molecule has 0 aliphatic carbocycles. The number of carbonyl (C=O) groups excluding carboxylic acids is 1. The Morgan fingerprint density at radius 3 is 2.50 bits per heavy atom. The first kappa shape index (κ1) is 12.7. The molecule has 88 valence electrons. The van der Waals surface area contributed by atoms with Crippen LogP contribution in [0, 0.1) is 6.92 Å². The van der Waals surface area contributed by atoms with Crippen LogP contribution in [-0.4, -0.2) is 28.4 Å². The van der Waals surface area contributed by atoms with Crippen molar-refractivity contribution in [1.29, 1.82) is 0 Å². The molecule has 1 aromatic heterocycles. The fourth-order valence-corrected chi connectivity index (χ4v) is 2.54. The van der Waals surface area contributed by atoms with E-state index in [2.05, 4.69) is 0 Å². The number of thiophene rings is 1. The van der Waals surface area contributed by atoms with E-state index in [1.807, 2.05) is 18.4 Å². The van der Waals surface area contributed by atoms with E-state index in [1.165, 1.54) is 16.2 Å². The number of aliphatic carboxylic acids is 1. The van der Waals surface area contributed by atoms with Gasteiger partial charge in [-0.1, -0.05) is 0 Å². The van der Waals surface area contributed by atoms with E-state index in [9.17, 15) is 14.7 Å². The van der Waals surface area contributed by atoms with Gasteiger partial charge in [-0.3, -0.25) is 4.79 Å². The fourth-order valence-electron chi connectivity index (χ4n) is 1.52. The van der Waals surface area contributed by atoms with Crippen LogP contribution in [0.25, 0.3) is 0 Å². The van der Waals surface area contributed by atoms with E-state index >= 15 is 0 Å². The van der Waals surface area contributed by atoms with Crippen molar-refractivity contribution in [2.45, 2.75) is 32.9 Å². The zero-order chi connectivity index (χ0) is 12.3. The Kier molecular flexibility index (Phi) is 4.06. The number of hydrogen-bond donors (Lipinski definition) is 1. The van der Waals surface area contributed by atoms with E-state index in [0.717, 1.165) is 5.56 Å². The van der Waals surface area contributed by atoms with Gasteiger partial charge in [0.25, 0.3) is 0 Å². The molecule has 1 N–H and O–H groups in total. The standard InChI is InChI=1S/C11H15NO3S/c1-7(2)12(6-13)9(11(14)15)10-8(3)4-5-16-10/h4-7,9H,1-3H3,(H,14,15). The molecule has 0 fully saturated rings. The van der Waals surface area contributed by atoms with E-state index in [-0.39, 0.29) is 6.04 Å². The molecule has 1 atom stereocenters. The van der Waals surface area contributed by atoms with Gasteiger partial charge >= 0.3 is 5.97 Å². The molecular formula is C11H15NO3S. The number of carboxylic acids is 1. The maximum atomic E-state index is 11.3. The monoisotopic (exact) mass is 241 g/mol. The number of carbonyl (C=O) groups is 2. The largest absolute Gasteiger partial charge is 0.479 e. The summed E-state index contributed by atoms with van der Waals surface area (Å²) in [5.74, 6) is -0.994. The van der Waals surface area contributed by atoms with Crippen LogP contribution in [0.15, 0.2) is 11.4 Å². The molecule has 0 radical (unpaired) electrons. The summed E-state index contributed by atoms with van der Waals surface area (Å²) >= 11 is 1.37. The first-order chi connectivity index (χ1) is 7.49. The summed E-state index contributed by atoms with van der Waals surface area (Å²) in [4.78, 5) is 24.3. The molecule has 0 saturated heterocycles. The van der Waals surface area contributed by atoms with E-state index < -0.39 is 12.0 Å². The first-order valence-corrected chi connectivity index (χ1v) is 5.86. The molecule has 16 heavy (non-hydrogen) atoms. The summed E-state index contributed by atoms with van der Waals surface area (Å²) in [6, 6.07) is 0.844. The molecule has 0 aliphatic heterocycles. The Morgan fingerprint density at radius 1 is 1.56 bits per heavy atom. The molecule has 5 heteroatoms. The summed E-state index contributed by atoms with van der Waals surface area (Å²) in [6.07, 6.45) is 0.600. The van der Waals surface area contributed by atoms with Crippen LogP contribution >= 0.6 is 11.3 Å². The van der Waals surface area contributed by atoms with Crippen molar-refractivity contribution in [2.75, 3.05) is 0 Å². The van der Waals surface area contributed by atoms with Gasteiger partial charge in [-0.15, -0.1) is 11.3 Å². The average molecular weight is 241 g/mol. The van der Waals surface area contributed by atoms with E-state index in [1.54, 1.807) is 13.8 Å². The van der Waals surface area contributed by atoms with E-state index in [0.29, 0.717) is 11.3 Å². The van der Waals surface area contributed by atoms with Crippen LogP contribution in [0.4, 0.5) is 0 Å². The second kappa shape index (κ2) is 5.12. The van der Waals surface area contributed by atoms with Gasteiger partial charge < -0.3 is 10.0 Å². The van der Waals surface area contributed by atoms with Gasteiger partial charge in [0.15, 0.2) is 6.04 Å². The molecule has 1 unspecified atom stereocenters. The lowest BCUT2D eigenvalue weighted by molar-refractivity contribution is -0.147. The molecule has 1 aromatic rings. The van der Waals surface area contributed by atoms with Crippen molar-refractivity contribution in [3.8, 4) is 0 Å². The second-order valence-corrected chi connectivity index (χ2v) is 4.80. The summed E-state index contributed by atoms with van der Waals surface area (Å²) in [5.41, 5.74) is 0.907. The smallest absolute Gasteiger partial charge is 0.331 e. The SMILES string of the molecule is Cc1ccsc1C(C(=O)O)N(C=O)C(C)C. The van der Waals surface area contributed by atoms with Crippen molar-refractivity contribution in [1.82, 2.24) is 4.90 Å². The summed E-state index contributed by atoms with van der Waals surface area (Å²) < 4.78 is 0. The van der Waals surface area contributed by atoms with Crippen LogP contribution in [-0.2, 0) is 9.59 Å². The first-order valence-electron chi connectivity index (χ1n) is 4.98. The highest BCUT2D eigenvalue weighted by Gasteiger charge is 2.30. The van der Waals surface area contributed by atoms with Gasteiger partial charge in [0.05, 0.1) is 0 Å². The average Bonchev–Trinajstić information content (AvgIpc) is 2.59. The minimum Gasteiger partial charge on any atom is -0.479 e. The normalized spacial score (nSPS) is 12.5. The highest BCUT2D eigenvalue weighted by atomic mass is 32.1. The molecule has 1 heterocycles. The van der Waals surface area contributed by atoms with Gasteiger partial charge in [-0.05, 0) is 37.8 Å². The molecule has 0 saturated carbocycles. The molecular weight excluding hydrogens is 226 g/mol. The van der Waals surface area contributed by atoms with Crippen LogP contribution in [0.3, 0.4) is 0 Å². The van der Waals surface area contributed by atoms with Crippen LogP contribution in [0.5, 0.6) is 0 Å². The zero-order valence-corrected chi connectivity index (χ0v) is 10.3. The Bertz CT molecular complexity index is 386. The maximum Gasteiger partial charge on any atom is 0.331 e. The van der Waals surface area contributed by atoms with E-state index in [4.69, 9.17) is 0 Å². The van der Waals surface area contributed by atoms with Gasteiger partial charge in [0.1, 0.15) is 0 Å². The predicted molar refractivity (Wildman–Crippen MR) is 62.5 cm³/mol. The summed E-state index contributed by atoms with van der Waals surface area (Å²) in [7, 11) is 0. The number of aryl methyl sites for hydroxylation is 1. The van der Waals surface area contributed by atoms with Crippen LogP contribution in [0.2, 0.25) is 0 Å². The number of nitrogens with zero attached hydrogens (tertiary/aromatic N) is 1. The highest BCUT2D eigenvalue weighted by molar-refractivity contribution is 7.10. The Labute approximate surface area is 98.5 Å². The van der Waals surface area contributed by atoms with Crippen LogP contribution in [0.1, 0.15) is 30.3 Å². The molecule has 1 amide bonds. The summed E-state index contributed by atoms with van der Waals surface area (Å²) in [5, 5.41) is 11.1. The topological polar surface area (TPSA) is 57.6 Å². The Balaban J connectivity index is 3.14. The van der Waals surface area contributed by atoms with Gasteiger partial charge in [-0.2, -0.15) is 0 Å². The van der Waals surface area contributed by atoms with Gasteiger partial charge in [0.2, 0.25) is 6.41 Å². The lowest BCUT2D eigenvalue weighted by Gasteiger charge is -2.28. The van der Waals surface area contributed by atoms with Crippen LogP contribution < -0.4 is 0 Å². The number of amides is 1. The fraction of sp³-hybridized carbons (Fsp3) is 0.455. The lowest BCUT2D eigenvalue weighted by Crippen LogP contribution is -2.37. The third-order valence-corrected chi connectivity index (χ3v) is 3.47. The Morgan fingerprint density at radius 2 is 2.19 bits per heavy atom. The lowest BCUT2D eigenvalue weighted by atomic mass is 10.1. The minimum atomic E-state index is -0.994. The van der Waals surface area contributed by atoms with Crippen molar-refractivity contribution >= 4 is 23.7 Å². The maximum absolute atomic E-state index is 11.3. The van der Waals surface area contributed by atoms with Crippen molar-refractivity contribution < 1.29 is 14.7 Å². The van der Waals surface area contributed by atoms with Crippen molar-refractivity contribution in [3.63, 3.8) is 0 Å². The third-order valence-electron chi connectivity index (χ3n) is 2.40. The molecule has 0 spiro atoms. The highest BCUT2D eigenvalue weighted by Crippen LogP contribution is 2.29. The summed E-state index contributed by atoms with van der Waals surface area (Å²) in [6.45, 7) is 5.45. The van der Waals surface area contributed by atoms with Gasteiger partial charge in [-0.25, -0.2) is 4.79 Å². The Hall–Kier alpha value is -1.36. The molecule has 1 rings (SSSR count). The second-order valence-electron chi connectivity index (χ2n) is 3.86. The van der Waals surface area contributed by atoms with Crippen molar-refractivity contribution in [2.24, 2.45) is 0 Å². The van der Waals surface area contributed by atoms with Crippen molar-refractivity contribution in [3.05, 3.63) is 21.9 Å². The number of hydrogen-bond acceptors (Lipinski definition) is 3. The number of rotatable bonds is 5. The zero-order valence-electron chi connectivity index (χ0n) is 9.51. The molecule has 4 nitrogen and oxygen atoms in total. The van der Waals surface area contributed by atoms with Gasteiger partial charge in [0, 0.05) is 10.9 Å². The third kappa shape index (κ3) is 2.41. The minimum absolute atomic E-state index is 0.139. The molecule has 0 aromatic carbocycles. The quantitative estimate of drug-likeness (QED) is 0.803. The predicted octanol–water partition coefficient (Wildman–Crippen LogP) is 2.05.